The summed E-state index contributed by atoms with van der Waals surface area (Å²) in [6.45, 7) is 4.22. The Morgan fingerprint density at radius 1 is 1.69 bits per heavy atom. The van der Waals surface area contributed by atoms with Gasteiger partial charge in [-0.15, -0.1) is 11.3 Å². The maximum Gasteiger partial charge on any atom is 0.306 e. The van der Waals surface area contributed by atoms with Gasteiger partial charge < -0.3 is 4.74 Å². The van der Waals surface area contributed by atoms with E-state index in [9.17, 15) is 4.79 Å². The first-order chi connectivity index (χ1) is 6.22. The van der Waals surface area contributed by atoms with Gasteiger partial charge >= 0.3 is 5.97 Å². The van der Waals surface area contributed by atoms with Gasteiger partial charge in [0.05, 0.1) is 23.7 Å². The fraction of sp³-hybridized carbons (Fsp3) is 0.556. The van der Waals surface area contributed by atoms with Crippen molar-refractivity contribution in [3.8, 4) is 0 Å². The molecule has 1 heterocycles. The van der Waals surface area contributed by atoms with Crippen LogP contribution in [0.25, 0.3) is 0 Å². The van der Waals surface area contributed by atoms with Crippen LogP contribution in [-0.4, -0.2) is 17.6 Å². The van der Waals surface area contributed by atoms with Gasteiger partial charge in [0.25, 0.3) is 0 Å². The molecule has 0 N–H and O–H groups in total. The zero-order chi connectivity index (χ0) is 9.68. The molecule has 0 aliphatic carbocycles. The lowest BCUT2D eigenvalue weighted by Crippen LogP contribution is -2.05. The number of hydrogen-bond donors (Lipinski definition) is 0. The molecule has 0 saturated carbocycles. The van der Waals surface area contributed by atoms with Crippen molar-refractivity contribution in [2.75, 3.05) is 6.61 Å². The van der Waals surface area contributed by atoms with Gasteiger partial charge in [-0.1, -0.05) is 0 Å². The van der Waals surface area contributed by atoms with E-state index in [1.165, 1.54) is 0 Å². The van der Waals surface area contributed by atoms with Crippen LogP contribution < -0.4 is 0 Å². The summed E-state index contributed by atoms with van der Waals surface area (Å²) in [6.07, 6.45) is 1.11. The number of nitrogens with zero attached hydrogens (tertiary/aromatic N) is 1. The molecule has 0 radical (unpaired) electrons. The van der Waals surface area contributed by atoms with Crippen molar-refractivity contribution in [1.29, 1.82) is 0 Å². The second kappa shape index (κ2) is 4.97. The van der Waals surface area contributed by atoms with Gasteiger partial charge in [0.15, 0.2) is 0 Å². The lowest BCUT2D eigenvalue weighted by molar-refractivity contribution is -0.143. The Hall–Kier alpha value is -0.900. The zero-order valence-corrected chi connectivity index (χ0v) is 8.69. The Morgan fingerprint density at radius 3 is 3.00 bits per heavy atom. The lowest BCUT2D eigenvalue weighted by atomic mass is 10.2. The number of rotatable bonds is 4. The fourth-order valence-electron chi connectivity index (χ4n) is 0.986. The summed E-state index contributed by atoms with van der Waals surface area (Å²) in [5.41, 5.74) is 0.982. The summed E-state index contributed by atoms with van der Waals surface area (Å²) in [4.78, 5) is 15.2. The van der Waals surface area contributed by atoms with Crippen LogP contribution in [0.1, 0.15) is 24.0 Å². The number of aromatic nitrogens is 1. The Bertz CT molecular complexity index is 283. The molecule has 1 aromatic heterocycles. The molecular weight excluding hydrogens is 186 g/mol. The molecular formula is C9H13NO2S. The number of carbonyl (C=O) groups is 1. The molecule has 3 nitrogen and oxygen atoms in total. The van der Waals surface area contributed by atoms with E-state index in [2.05, 4.69) is 4.98 Å². The molecule has 0 atom stereocenters. The third-order valence-corrected chi connectivity index (χ3v) is 2.38. The van der Waals surface area contributed by atoms with Crippen LogP contribution in [-0.2, 0) is 16.0 Å². The van der Waals surface area contributed by atoms with Crippen molar-refractivity contribution in [3.05, 3.63) is 16.1 Å². The van der Waals surface area contributed by atoms with E-state index in [1.54, 1.807) is 11.3 Å². The highest BCUT2D eigenvalue weighted by Gasteiger charge is 2.04. The zero-order valence-electron chi connectivity index (χ0n) is 7.87. The summed E-state index contributed by atoms with van der Waals surface area (Å²) in [7, 11) is 0. The van der Waals surface area contributed by atoms with Crippen molar-refractivity contribution in [2.45, 2.75) is 26.7 Å². The minimum atomic E-state index is -0.145. The van der Waals surface area contributed by atoms with E-state index in [0.29, 0.717) is 19.4 Å². The molecule has 1 aromatic rings. The number of ether oxygens (including phenoxy) is 1. The van der Waals surface area contributed by atoms with E-state index < -0.39 is 0 Å². The molecule has 4 heteroatoms. The van der Waals surface area contributed by atoms with Gasteiger partial charge in [-0.25, -0.2) is 4.98 Å². The van der Waals surface area contributed by atoms with E-state index in [-0.39, 0.29) is 5.97 Å². The predicted octanol–water partition coefficient (Wildman–Crippen LogP) is 1.95. The predicted molar refractivity (Wildman–Crippen MR) is 51.8 cm³/mol. The molecule has 0 fully saturated rings. The van der Waals surface area contributed by atoms with Crippen molar-refractivity contribution in [3.63, 3.8) is 0 Å². The quantitative estimate of drug-likeness (QED) is 0.696. The van der Waals surface area contributed by atoms with Gasteiger partial charge in [0, 0.05) is 11.8 Å². The average molecular weight is 199 g/mol. The summed E-state index contributed by atoms with van der Waals surface area (Å²) in [5, 5.41) is 3.02. The summed E-state index contributed by atoms with van der Waals surface area (Å²) in [6, 6.07) is 0. The number of thiazole rings is 1. The molecule has 0 amide bonds. The van der Waals surface area contributed by atoms with Gasteiger partial charge in [-0.3, -0.25) is 4.79 Å². The number of hydrogen-bond acceptors (Lipinski definition) is 4. The van der Waals surface area contributed by atoms with Gasteiger partial charge in [0.1, 0.15) is 0 Å². The topological polar surface area (TPSA) is 39.2 Å². The van der Waals surface area contributed by atoms with Crippen molar-refractivity contribution < 1.29 is 9.53 Å². The van der Waals surface area contributed by atoms with E-state index in [1.807, 2.05) is 19.2 Å². The maximum absolute atomic E-state index is 11.0. The second-order valence-corrected chi connectivity index (χ2v) is 3.73. The number of esters is 1. The van der Waals surface area contributed by atoms with E-state index >= 15 is 0 Å². The van der Waals surface area contributed by atoms with Crippen LogP contribution in [0.2, 0.25) is 0 Å². The molecule has 72 valence electrons. The Balaban J connectivity index is 2.30. The molecule has 0 spiro atoms. The van der Waals surface area contributed by atoms with Crippen LogP contribution in [0.3, 0.4) is 0 Å². The molecule has 0 unspecified atom stereocenters. The van der Waals surface area contributed by atoms with E-state index in [4.69, 9.17) is 4.74 Å². The van der Waals surface area contributed by atoms with Crippen LogP contribution in [0, 0.1) is 6.92 Å². The van der Waals surface area contributed by atoms with Crippen LogP contribution in [0.4, 0.5) is 0 Å². The Kier molecular flexibility index (Phi) is 3.89. The molecule has 13 heavy (non-hydrogen) atoms. The number of aryl methyl sites for hydroxylation is 2. The van der Waals surface area contributed by atoms with Gasteiger partial charge in [0.2, 0.25) is 0 Å². The normalized spacial score (nSPS) is 10.0. The minimum absolute atomic E-state index is 0.145. The van der Waals surface area contributed by atoms with Crippen molar-refractivity contribution >= 4 is 17.3 Å². The first kappa shape index (κ1) is 10.2. The Labute approximate surface area is 81.8 Å². The third kappa shape index (κ3) is 3.55. The lowest BCUT2D eigenvalue weighted by Gasteiger charge is -1.98. The molecule has 0 aliphatic rings. The molecule has 1 rings (SSSR count). The average Bonchev–Trinajstić information content (AvgIpc) is 2.49. The molecule has 0 saturated heterocycles. The minimum Gasteiger partial charge on any atom is -0.466 e. The van der Waals surface area contributed by atoms with Gasteiger partial charge in [-0.2, -0.15) is 0 Å². The fourth-order valence-corrected chi connectivity index (χ4v) is 1.63. The highest BCUT2D eigenvalue weighted by atomic mass is 32.1. The molecule has 0 aliphatic heterocycles. The first-order valence-corrected chi connectivity index (χ1v) is 5.17. The summed E-state index contributed by atoms with van der Waals surface area (Å²) in [5.74, 6) is -0.145. The van der Waals surface area contributed by atoms with Crippen LogP contribution in [0.5, 0.6) is 0 Å². The second-order valence-electron chi connectivity index (χ2n) is 2.66. The van der Waals surface area contributed by atoms with Crippen LogP contribution in [0.15, 0.2) is 5.38 Å². The summed E-state index contributed by atoms with van der Waals surface area (Å²) < 4.78 is 4.81. The highest BCUT2D eigenvalue weighted by Crippen LogP contribution is 2.09. The molecule has 0 aromatic carbocycles. The van der Waals surface area contributed by atoms with Crippen molar-refractivity contribution in [2.24, 2.45) is 0 Å². The van der Waals surface area contributed by atoms with Crippen LogP contribution >= 0.6 is 11.3 Å². The maximum atomic E-state index is 11.0. The first-order valence-electron chi connectivity index (χ1n) is 4.29. The largest absolute Gasteiger partial charge is 0.466 e. The Morgan fingerprint density at radius 2 is 2.46 bits per heavy atom. The highest BCUT2D eigenvalue weighted by molar-refractivity contribution is 7.09. The number of carbonyl (C=O) groups excluding carboxylic acids is 1. The monoisotopic (exact) mass is 199 g/mol. The van der Waals surface area contributed by atoms with Gasteiger partial charge in [-0.05, 0) is 13.8 Å². The summed E-state index contributed by atoms with van der Waals surface area (Å²) >= 11 is 1.61. The van der Waals surface area contributed by atoms with Crippen molar-refractivity contribution in [1.82, 2.24) is 4.98 Å². The third-order valence-electron chi connectivity index (χ3n) is 1.56. The SMILES string of the molecule is CCOC(=O)CCc1csc(C)n1. The smallest absolute Gasteiger partial charge is 0.306 e. The standard InChI is InChI=1S/C9H13NO2S/c1-3-12-9(11)5-4-8-6-13-7(2)10-8/h6H,3-5H2,1-2H3. The van der Waals surface area contributed by atoms with E-state index in [0.717, 1.165) is 10.7 Å². The molecule has 0 bridgehead atoms.